The van der Waals surface area contributed by atoms with Crippen molar-refractivity contribution in [2.24, 2.45) is 0 Å². The first kappa shape index (κ1) is 22.7. The first-order valence-corrected chi connectivity index (χ1v) is 11.8. The Morgan fingerprint density at radius 1 is 1.12 bits per heavy atom. The van der Waals surface area contributed by atoms with Gasteiger partial charge in [0.2, 0.25) is 11.8 Å². The number of benzene rings is 2. The Morgan fingerprint density at radius 2 is 1.88 bits per heavy atom. The maximum Gasteiger partial charge on any atom is 0.276 e. The Balaban J connectivity index is 1.59. The number of fused-ring (bicyclic) bond motifs is 1. The van der Waals surface area contributed by atoms with Crippen molar-refractivity contribution >= 4 is 56.5 Å². The van der Waals surface area contributed by atoms with Crippen molar-refractivity contribution < 1.29 is 14.0 Å². The van der Waals surface area contributed by atoms with Crippen LogP contribution in [0.2, 0.25) is 0 Å². The molecule has 10 heteroatoms. The van der Waals surface area contributed by atoms with Crippen LogP contribution in [-0.2, 0) is 9.59 Å². The van der Waals surface area contributed by atoms with Gasteiger partial charge in [0.05, 0.1) is 17.0 Å². The lowest BCUT2D eigenvalue weighted by atomic mass is 10.2. The number of hydrogen-bond donors (Lipinski definition) is 2. The highest BCUT2D eigenvalue weighted by Gasteiger charge is 2.16. The van der Waals surface area contributed by atoms with E-state index in [2.05, 4.69) is 15.6 Å². The van der Waals surface area contributed by atoms with Gasteiger partial charge in [-0.1, -0.05) is 17.8 Å². The van der Waals surface area contributed by atoms with E-state index in [1.54, 1.807) is 48.7 Å². The molecule has 0 aliphatic carbocycles. The number of nitrogens with zero attached hydrogens (tertiary/aromatic N) is 2. The molecule has 4 aromatic rings. The number of aryl methyl sites for hydroxylation is 1. The molecule has 2 amide bonds. The molecule has 168 valence electrons. The zero-order valence-corrected chi connectivity index (χ0v) is 19.3. The van der Waals surface area contributed by atoms with Crippen LogP contribution in [0.4, 0.5) is 15.8 Å². The van der Waals surface area contributed by atoms with E-state index in [-0.39, 0.29) is 28.9 Å². The molecule has 0 saturated heterocycles. The zero-order valence-electron chi connectivity index (χ0n) is 17.7. The average Bonchev–Trinajstić information content (AvgIpc) is 3.23. The number of nitrogens with one attached hydrogen (secondary N) is 2. The van der Waals surface area contributed by atoms with Crippen molar-refractivity contribution in [3.63, 3.8) is 0 Å². The third kappa shape index (κ3) is 5.12. The molecule has 4 rings (SSSR count). The summed E-state index contributed by atoms with van der Waals surface area (Å²) in [5.41, 5.74) is 2.25. The SMILES string of the molecule is CC(=O)Nc1cccc(NC(=O)CSc2nc3ccsc3c(=O)n2-c2ccc(F)c(C)c2)c1. The van der Waals surface area contributed by atoms with E-state index in [1.807, 2.05) is 0 Å². The van der Waals surface area contributed by atoms with Crippen molar-refractivity contribution in [3.05, 3.63) is 75.6 Å². The van der Waals surface area contributed by atoms with Crippen LogP contribution >= 0.6 is 23.1 Å². The van der Waals surface area contributed by atoms with E-state index in [1.165, 1.54) is 35.0 Å². The van der Waals surface area contributed by atoms with Crippen molar-refractivity contribution in [3.8, 4) is 5.69 Å². The second kappa shape index (κ2) is 9.55. The van der Waals surface area contributed by atoms with Gasteiger partial charge in [0.25, 0.3) is 5.56 Å². The zero-order chi connectivity index (χ0) is 23.5. The highest BCUT2D eigenvalue weighted by molar-refractivity contribution is 7.99. The number of rotatable bonds is 6. The Kier molecular flexibility index (Phi) is 6.57. The number of carbonyl (C=O) groups excluding carboxylic acids is 2. The molecule has 7 nitrogen and oxygen atoms in total. The Labute approximate surface area is 196 Å². The smallest absolute Gasteiger partial charge is 0.276 e. The van der Waals surface area contributed by atoms with Gasteiger partial charge in [0.15, 0.2) is 5.16 Å². The topological polar surface area (TPSA) is 93.1 Å². The van der Waals surface area contributed by atoms with Crippen LogP contribution in [0.1, 0.15) is 12.5 Å². The summed E-state index contributed by atoms with van der Waals surface area (Å²) in [5, 5.41) is 7.55. The van der Waals surface area contributed by atoms with Crippen LogP contribution in [0, 0.1) is 12.7 Å². The number of thiophene rings is 1. The molecule has 0 aliphatic heterocycles. The van der Waals surface area contributed by atoms with Crippen LogP contribution in [0.3, 0.4) is 0 Å². The molecule has 2 aromatic heterocycles. The van der Waals surface area contributed by atoms with E-state index in [4.69, 9.17) is 0 Å². The molecular weight excluding hydrogens is 463 g/mol. The number of carbonyl (C=O) groups is 2. The standard InChI is InChI=1S/C23H19FN4O3S2/c1-13-10-17(6-7-18(13)24)28-22(31)21-19(8-9-32-21)27-23(28)33-12-20(30)26-16-5-3-4-15(11-16)25-14(2)29/h3-11H,12H2,1-2H3,(H,25,29)(H,26,30). The van der Waals surface area contributed by atoms with E-state index < -0.39 is 0 Å². The van der Waals surface area contributed by atoms with Gasteiger partial charge < -0.3 is 10.6 Å². The summed E-state index contributed by atoms with van der Waals surface area (Å²) in [4.78, 5) is 41.5. The van der Waals surface area contributed by atoms with Crippen LogP contribution in [0.5, 0.6) is 0 Å². The Hall–Kier alpha value is -3.50. The minimum Gasteiger partial charge on any atom is -0.326 e. The van der Waals surface area contributed by atoms with Gasteiger partial charge >= 0.3 is 0 Å². The minimum absolute atomic E-state index is 0.00732. The summed E-state index contributed by atoms with van der Waals surface area (Å²) in [5.74, 6) is -0.890. The largest absolute Gasteiger partial charge is 0.326 e. The fourth-order valence-electron chi connectivity index (χ4n) is 3.19. The fourth-order valence-corrected chi connectivity index (χ4v) is 4.76. The number of aromatic nitrogens is 2. The molecule has 2 heterocycles. The van der Waals surface area contributed by atoms with Crippen molar-refractivity contribution in [2.45, 2.75) is 19.0 Å². The first-order valence-electron chi connectivity index (χ1n) is 9.89. The van der Waals surface area contributed by atoms with Crippen molar-refractivity contribution in [1.29, 1.82) is 0 Å². The lowest BCUT2D eigenvalue weighted by Gasteiger charge is -2.13. The predicted molar refractivity (Wildman–Crippen MR) is 130 cm³/mol. The molecule has 0 aliphatic rings. The van der Waals surface area contributed by atoms with Gasteiger partial charge in [-0.05, 0) is 60.3 Å². The second-order valence-electron chi connectivity index (χ2n) is 7.20. The quantitative estimate of drug-likeness (QED) is 0.310. The molecule has 0 saturated carbocycles. The van der Waals surface area contributed by atoms with Gasteiger partial charge in [-0.15, -0.1) is 11.3 Å². The molecule has 2 aromatic carbocycles. The van der Waals surface area contributed by atoms with E-state index in [0.29, 0.717) is 38.0 Å². The number of amides is 2. The van der Waals surface area contributed by atoms with Crippen LogP contribution in [0.15, 0.2) is 63.9 Å². The summed E-state index contributed by atoms with van der Waals surface area (Å²) in [7, 11) is 0. The highest BCUT2D eigenvalue weighted by atomic mass is 32.2. The fraction of sp³-hybridized carbons (Fsp3) is 0.130. The number of halogens is 1. The molecule has 2 N–H and O–H groups in total. The number of anilines is 2. The summed E-state index contributed by atoms with van der Waals surface area (Å²) < 4.78 is 15.7. The maximum atomic E-state index is 13.8. The van der Waals surface area contributed by atoms with Gasteiger partial charge in [-0.2, -0.15) is 0 Å². The summed E-state index contributed by atoms with van der Waals surface area (Å²) in [6, 6.07) is 12.9. The Morgan fingerprint density at radius 3 is 2.61 bits per heavy atom. The first-order chi connectivity index (χ1) is 15.8. The molecule has 0 atom stereocenters. The normalized spacial score (nSPS) is 10.9. The third-order valence-electron chi connectivity index (χ3n) is 4.65. The molecule has 0 fully saturated rings. The van der Waals surface area contributed by atoms with E-state index in [0.717, 1.165) is 11.8 Å². The van der Waals surface area contributed by atoms with Crippen molar-refractivity contribution in [1.82, 2.24) is 9.55 Å². The van der Waals surface area contributed by atoms with Gasteiger partial charge in [-0.3, -0.25) is 19.0 Å². The van der Waals surface area contributed by atoms with Crippen LogP contribution in [-0.4, -0.2) is 27.1 Å². The van der Waals surface area contributed by atoms with E-state index >= 15 is 0 Å². The molecule has 0 radical (unpaired) electrons. The van der Waals surface area contributed by atoms with Gasteiger partial charge in [0, 0.05) is 18.3 Å². The predicted octanol–water partition coefficient (Wildman–Crippen LogP) is 4.58. The summed E-state index contributed by atoms with van der Waals surface area (Å²) in [6.07, 6.45) is 0. The Bertz CT molecular complexity index is 1430. The summed E-state index contributed by atoms with van der Waals surface area (Å²) >= 11 is 2.39. The number of hydrogen-bond acceptors (Lipinski definition) is 6. The highest BCUT2D eigenvalue weighted by Crippen LogP contribution is 2.25. The molecule has 33 heavy (non-hydrogen) atoms. The van der Waals surface area contributed by atoms with Crippen molar-refractivity contribution in [2.75, 3.05) is 16.4 Å². The lowest BCUT2D eigenvalue weighted by molar-refractivity contribution is -0.114. The lowest BCUT2D eigenvalue weighted by Crippen LogP contribution is -2.22. The minimum atomic E-state index is -0.368. The summed E-state index contributed by atoms with van der Waals surface area (Å²) in [6.45, 7) is 3.03. The molecular formula is C23H19FN4O3S2. The second-order valence-corrected chi connectivity index (χ2v) is 9.06. The van der Waals surface area contributed by atoms with Gasteiger partial charge in [-0.25, -0.2) is 9.37 Å². The van der Waals surface area contributed by atoms with Crippen LogP contribution < -0.4 is 16.2 Å². The molecule has 0 spiro atoms. The third-order valence-corrected chi connectivity index (χ3v) is 6.48. The monoisotopic (exact) mass is 482 g/mol. The van der Waals surface area contributed by atoms with Gasteiger partial charge in [0.1, 0.15) is 10.5 Å². The maximum absolute atomic E-state index is 13.8. The van der Waals surface area contributed by atoms with Crippen LogP contribution in [0.25, 0.3) is 15.9 Å². The average molecular weight is 483 g/mol. The number of thioether (sulfide) groups is 1. The van der Waals surface area contributed by atoms with E-state index in [9.17, 15) is 18.8 Å². The molecule has 0 bridgehead atoms. The molecule has 0 unspecified atom stereocenters.